The van der Waals surface area contributed by atoms with E-state index in [4.69, 9.17) is 4.12 Å². The van der Waals surface area contributed by atoms with Gasteiger partial charge in [-0.05, 0) is 38.3 Å². The zero-order valence-corrected chi connectivity index (χ0v) is 11.5. The summed E-state index contributed by atoms with van der Waals surface area (Å²) in [7, 11) is -2.59. The van der Waals surface area contributed by atoms with Crippen LogP contribution in [0.1, 0.15) is 20.3 Å². The summed E-state index contributed by atoms with van der Waals surface area (Å²) >= 11 is 0. The van der Waals surface area contributed by atoms with Gasteiger partial charge in [0.2, 0.25) is 0 Å². The number of hydrogen-bond donors (Lipinski definition) is 0. The molecule has 0 bridgehead atoms. The van der Waals surface area contributed by atoms with Crippen molar-refractivity contribution in [2.75, 3.05) is 0 Å². The fourth-order valence-electron chi connectivity index (χ4n) is 1.47. The Morgan fingerprint density at radius 3 is 1.75 bits per heavy atom. The van der Waals surface area contributed by atoms with E-state index in [-0.39, 0.29) is 0 Å². The Morgan fingerprint density at radius 2 is 1.42 bits per heavy atom. The van der Waals surface area contributed by atoms with Crippen LogP contribution in [0.5, 0.6) is 0 Å². The molecule has 0 unspecified atom stereocenters. The first-order valence-electron chi connectivity index (χ1n) is 5.03. The quantitative estimate of drug-likeness (QED) is 0.618. The van der Waals surface area contributed by atoms with Crippen LogP contribution < -0.4 is 0 Å². The molecule has 0 heterocycles. The lowest BCUT2D eigenvalue weighted by Crippen LogP contribution is -2.43. The second kappa shape index (κ2) is 4.58. The van der Waals surface area contributed by atoms with E-state index in [1.165, 1.54) is 18.5 Å². The SMILES string of the molecule is CCC[Si](C)(C)O[Si](C)(C)CC. The molecule has 0 aromatic heterocycles. The molecule has 0 saturated heterocycles. The predicted molar refractivity (Wildman–Crippen MR) is 61.6 cm³/mol. The fourth-order valence-corrected chi connectivity index (χ4v) is 9.65. The van der Waals surface area contributed by atoms with Crippen molar-refractivity contribution in [3.63, 3.8) is 0 Å². The lowest BCUT2D eigenvalue weighted by atomic mass is 10.6. The molecular weight excluding hydrogens is 180 g/mol. The summed E-state index contributed by atoms with van der Waals surface area (Å²) in [5.74, 6) is 0. The molecule has 0 spiro atoms. The van der Waals surface area contributed by atoms with Crippen LogP contribution in [0.15, 0.2) is 0 Å². The zero-order valence-electron chi connectivity index (χ0n) is 9.53. The van der Waals surface area contributed by atoms with Crippen LogP contribution in [0.3, 0.4) is 0 Å². The maximum absolute atomic E-state index is 6.29. The summed E-state index contributed by atoms with van der Waals surface area (Å²) in [5.41, 5.74) is 0. The highest BCUT2D eigenvalue weighted by Gasteiger charge is 2.30. The molecule has 1 nitrogen and oxygen atoms in total. The van der Waals surface area contributed by atoms with Gasteiger partial charge < -0.3 is 4.12 Å². The maximum atomic E-state index is 6.29. The van der Waals surface area contributed by atoms with Gasteiger partial charge in [-0.1, -0.05) is 20.3 Å². The lowest BCUT2D eigenvalue weighted by Gasteiger charge is -2.33. The average molecular weight is 204 g/mol. The van der Waals surface area contributed by atoms with E-state index in [9.17, 15) is 0 Å². The topological polar surface area (TPSA) is 9.23 Å². The van der Waals surface area contributed by atoms with Gasteiger partial charge in [0.05, 0.1) is 0 Å². The number of rotatable bonds is 5. The van der Waals surface area contributed by atoms with Crippen molar-refractivity contribution >= 4 is 16.6 Å². The molecule has 0 aliphatic rings. The van der Waals surface area contributed by atoms with Gasteiger partial charge in [0.15, 0.2) is 16.6 Å². The van der Waals surface area contributed by atoms with Crippen molar-refractivity contribution in [3.8, 4) is 0 Å². The molecule has 74 valence electrons. The molecule has 0 atom stereocenters. The Bertz CT molecular complexity index is 132. The second-order valence-electron chi connectivity index (χ2n) is 4.73. The highest BCUT2D eigenvalue weighted by atomic mass is 28.4. The molecule has 0 radical (unpaired) electrons. The molecule has 12 heavy (non-hydrogen) atoms. The van der Waals surface area contributed by atoms with Crippen molar-refractivity contribution in [1.29, 1.82) is 0 Å². The molecule has 0 aromatic rings. The largest absolute Gasteiger partial charge is 0.456 e. The molecule has 0 saturated carbocycles. The summed E-state index contributed by atoms with van der Waals surface area (Å²) in [6.45, 7) is 13.9. The van der Waals surface area contributed by atoms with E-state index in [1.54, 1.807) is 0 Å². The minimum atomic E-state index is -1.30. The molecule has 0 N–H and O–H groups in total. The van der Waals surface area contributed by atoms with Crippen molar-refractivity contribution in [2.24, 2.45) is 0 Å². The van der Waals surface area contributed by atoms with Gasteiger partial charge >= 0.3 is 0 Å². The summed E-state index contributed by atoms with van der Waals surface area (Å²) in [4.78, 5) is 0. The Kier molecular flexibility index (Phi) is 4.73. The van der Waals surface area contributed by atoms with Crippen LogP contribution in [0.4, 0.5) is 0 Å². The first-order valence-corrected chi connectivity index (χ1v) is 11.3. The van der Waals surface area contributed by atoms with Gasteiger partial charge in [-0.15, -0.1) is 0 Å². The third-order valence-corrected chi connectivity index (χ3v) is 10.1. The summed E-state index contributed by atoms with van der Waals surface area (Å²) in [5, 5.41) is 0. The van der Waals surface area contributed by atoms with Crippen molar-refractivity contribution in [3.05, 3.63) is 0 Å². The number of hydrogen-bond acceptors (Lipinski definition) is 1. The van der Waals surface area contributed by atoms with Crippen molar-refractivity contribution < 1.29 is 4.12 Å². The normalized spacial score (nSPS) is 13.5. The van der Waals surface area contributed by atoms with E-state index < -0.39 is 16.6 Å². The molecule has 0 aromatic carbocycles. The van der Waals surface area contributed by atoms with Crippen LogP contribution >= 0.6 is 0 Å². The Labute approximate surface area is 79.8 Å². The van der Waals surface area contributed by atoms with Crippen molar-refractivity contribution in [1.82, 2.24) is 0 Å². The second-order valence-corrected chi connectivity index (χ2v) is 13.8. The lowest BCUT2D eigenvalue weighted by molar-refractivity contribution is 0.538. The van der Waals surface area contributed by atoms with Crippen LogP contribution in [0.25, 0.3) is 0 Å². The van der Waals surface area contributed by atoms with Crippen LogP contribution in [0.2, 0.25) is 38.3 Å². The fraction of sp³-hybridized carbons (Fsp3) is 1.00. The summed E-state index contributed by atoms with van der Waals surface area (Å²) in [6, 6.07) is 2.55. The minimum absolute atomic E-state index is 1.24. The van der Waals surface area contributed by atoms with Crippen molar-refractivity contribution in [2.45, 2.75) is 58.5 Å². The van der Waals surface area contributed by atoms with Gasteiger partial charge in [0.25, 0.3) is 0 Å². The third-order valence-electron chi connectivity index (χ3n) is 2.26. The van der Waals surface area contributed by atoms with Crippen LogP contribution in [-0.4, -0.2) is 16.6 Å². The highest BCUT2D eigenvalue weighted by molar-refractivity contribution is 6.84. The van der Waals surface area contributed by atoms with E-state index in [0.717, 1.165) is 0 Å². The molecule has 0 amide bonds. The first-order chi connectivity index (χ1) is 5.33. The van der Waals surface area contributed by atoms with E-state index in [1.807, 2.05) is 0 Å². The van der Waals surface area contributed by atoms with Gasteiger partial charge in [-0.25, -0.2) is 0 Å². The Morgan fingerprint density at radius 1 is 0.917 bits per heavy atom. The summed E-state index contributed by atoms with van der Waals surface area (Å²) in [6.07, 6.45) is 1.27. The van der Waals surface area contributed by atoms with E-state index >= 15 is 0 Å². The van der Waals surface area contributed by atoms with E-state index in [2.05, 4.69) is 40.0 Å². The van der Waals surface area contributed by atoms with Gasteiger partial charge in [-0.3, -0.25) is 0 Å². The average Bonchev–Trinajstić information content (AvgIpc) is 1.85. The molecule has 0 rings (SSSR count). The highest BCUT2D eigenvalue weighted by Crippen LogP contribution is 2.21. The molecule has 3 heteroatoms. The monoisotopic (exact) mass is 204 g/mol. The van der Waals surface area contributed by atoms with Gasteiger partial charge in [0.1, 0.15) is 0 Å². The molecular formula is C9H24OSi2. The zero-order chi connectivity index (χ0) is 9.83. The smallest absolute Gasteiger partial charge is 0.173 e. The molecule has 0 aliphatic carbocycles. The molecule has 0 fully saturated rings. The van der Waals surface area contributed by atoms with E-state index in [0.29, 0.717) is 0 Å². The van der Waals surface area contributed by atoms with Crippen LogP contribution in [0, 0.1) is 0 Å². The van der Waals surface area contributed by atoms with Crippen LogP contribution in [-0.2, 0) is 4.12 Å². The maximum Gasteiger partial charge on any atom is 0.173 e. The third kappa shape index (κ3) is 5.11. The Hall–Kier alpha value is 0.394. The standard InChI is InChI=1S/C9H24OSi2/c1-7-9-12(5,6)10-11(3,4)8-2/h7-9H2,1-6H3. The Balaban J connectivity index is 4.04. The first kappa shape index (κ1) is 12.4. The minimum Gasteiger partial charge on any atom is -0.456 e. The van der Waals surface area contributed by atoms with Gasteiger partial charge in [-0.2, -0.15) is 0 Å². The van der Waals surface area contributed by atoms with Gasteiger partial charge in [0, 0.05) is 0 Å². The predicted octanol–water partition coefficient (Wildman–Crippen LogP) is 3.84. The summed E-state index contributed by atoms with van der Waals surface area (Å²) < 4.78 is 6.29. The molecule has 0 aliphatic heterocycles.